The van der Waals surface area contributed by atoms with E-state index in [2.05, 4.69) is 33.2 Å². The average Bonchev–Trinajstić information content (AvgIpc) is 2.26. The Labute approximate surface area is 79.2 Å². The van der Waals surface area contributed by atoms with Gasteiger partial charge in [0.05, 0.1) is 5.69 Å². The van der Waals surface area contributed by atoms with E-state index in [0.717, 1.165) is 22.7 Å². The quantitative estimate of drug-likeness (QED) is 0.869. The Morgan fingerprint density at radius 1 is 1.64 bits per heavy atom. The first-order valence-corrected chi connectivity index (χ1v) is 5.17. The van der Waals surface area contributed by atoms with Gasteiger partial charge in [-0.15, -0.1) is 11.3 Å². The van der Waals surface area contributed by atoms with Crippen molar-refractivity contribution in [2.24, 2.45) is 0 Å². The van der Waals surface area contributed by atoms with Crippen LogP contribution in [0.1, 0.15) is 17.5 Å². The van der Waals surface area contributed by atoms with Crippen LogP contribution in [0.3, 0.4) is 0 Å². The summed E-state index contributed by atoms with van der Waals surface area (Å²) in [4.78, 5) is 5.58. The van der Waals surface area contributed by atoms with Crippen molar-refractivity contribution in [3.8, 4) is 0 Å². The first kappa shape index (κ1) is 9.16. The van der Waals surface area contributed by atoms with Gasteiger partial charge in [-0.1, -0.05) is 6.92 Å². The second-order valence-corrected chi connectivity index (χ2v) is 4.62. The first-order valence-electron chi connectivity index (χ1n) is 3.56. The molecule has 0 atom stereocenters. The van der Waals surface area contributed by atoms with Gasteiger partial charge in [-0.05, 0) is 29.4 Å². The van der Waals surface area contributed by atoms with Crippen LogP contribution in [-0.2, 0) is 6.54 Å². The number of halogens is 1. The Bertz CT molecular complexity index is 234. The summed E-state index contributed by atoms with van der Waals surface area (Å²) in [6.45, 7) is 6.08. The van der Waals surface area contributed by atoms with E-state index < -0.39 is 0 Å². The molecule has 4 heteroatoms. The number of nitrogens with one attached hydrogen (secondary N) is 1. The molecule has 0 saturated carbocycles. The Hall–Kier alpha value is 0.0700. The SMILES string of the molecule is CCNCc1sc(Br)nc1C. The predicted octanol–water partition coefficient (Wildman–Crippen LogP) is 2.32. The zero-order valence-corrected chi connectivity index (χ0v) is 9.05. The molecule has 2 nitrogen and oxygen atoms in total. The van der Waals surface area contributed by atoms with Crippen molar-refractivity contribution in [3.05, 3.63) is 14.5 Å². The highest BCUT2D eigenvalue weighted by molar-refractivity contribution is 9.11. The molecule has 62 valence electrons. The molecule has 0 aliphatic heterocycles. The molecule has 0 fully saturated rings. The highest BCUT2D eigenvalue weighted by Gasteiger charge is 2.03. The number of nitrogens with zero attached hydrogens (tertiary/aromatic N) is 1. The van der Waals surface area contributed by atoms with Crippen molar-refractivity contribution in [2.75, 3.05) is 6.54 Å². The largest absolute Gasteiger partial charge is 0.312 e. The number of aromatic nitrogens is 1. The molecule has 0 unspecified atom stereocenters. The van der Waals surface area contributed by atoms with Crippen LogP contribution in [0.4, 0.5) is 0 Å². The number of aryl methyl sites for hydroxylation is 1. The molecule has 0 spiro atoms. The Morgan fingerprint density at radius 2 is 2.36 bits per heavy atom. The van der Waals surface area contributed by atoms with Gasteiger partial charge in [0, 0.05) is 11.4 Å². The van der Waals surface area contributed by atoms with Crippen LogP contribution in [0.5, 0.6) is 0 Å². The molecule has 0 bridgehead atoms. The fourth-order valence-electron chi connectivity index (χ4n) is 0.795. The van der Waals surface area contributed by atoms with Crippen LogP contribution >= 0.6 is 27.3 Å². The van der Waals surface area contributed by atoms with E-state index in [4.69, 9.17) is 0 Å². The van der Waals surface area contributed by atoms with Crippen molar-refractivity contribution < 1.29 is 0 Å². The van der Waals surface area contributed by atoms with E-state index >= 15 is 0 Å². The molecule has 0 aromatic carbocycles. The Morgan fingerprint density at radius 3 is 2.82 bits per heavy atom. The van der Waals surface area contributed by atoms with E-state index in [1.54, 1.807) is 11.3 Å². The molecule has 1 aromatic heterocycles. The molecule has 0 aliphatic carbocycles. The van der Waals surface area contributed by atoms with Gasteiger partial charge < -0.3 is 5.32 Å². The van der Waals surface area contributed by atoms with Crippen molar-refractivity contribution in [2.45, 2.75) is 20.4 Å². The van der Waals surface area contributed by atoms with Crippen LogP contribution in [0, 0.1) is 6.92 Å². The van der Waals surface area contributed by atoms with Crippen LogP contribution in [0.25, 0.3) is 0 Å². The van der Waals surface area contributed by atoms with Gasteiger partial charge in [0.15, 0.2) is 3.92 Å². The molecule has 1 N–H and O–H groups in total. The molecule has 1 rings (SSSR count). The van der Waals surface area contributed by atoms with Gasteiger partial charge in [0.2, 0.25) is 0 Å². The van der Waals surface area contributed by atoms with Gasteiger partial charge in [-0.3, -0.25) is 0 Å². The molecule has 0 saturated heterocycles. The average molecular weight is 235 g/mol. The highest BCUT2D eigenvalue weighted by atomic mass is 79.9. The zero-order chi connectivity index (χ0) is 8.27. The number of hydrogen-bond acceptors (Lipinski definition) is 3. The highest BCUT2D eigenvalue weighted by Crippen LogP contribution is 2.22. The fraction of sp³-hybridized carbons (Fsp3) is 0.571. The summed E-state index contributed by atoms with van der Waals surface area (Å²) in [6, 6.07) is 0. The Balaban J connectivity index is 2.62. The number of hydrogen-bond donors (Lipinski definition) is 1. The van der Waals surface area contributed by atoms with E-state index in [1.807, 2.05) is 6.92 Å². The van der Waals surface area contributed by atoms with Gasteiger partial charge in [0.25, 0.3) is 0 Å². The molecule has 0 radical (unpaired) electrons. The minimum Gasteiger partial charge on any atom is -0.312 e. The summed E-state index contributed by atoms with van der Waals surface area (Å²) in [5.74, 6) is 0. The van der Waals surface area contributed by atoms with Crippen LogP contribution in [-0.4, -0.2) is 11.5 Å². The summed E-state index contributed by atoms with van der Waals surface area (Å²) < 4.78 is 0.975. The lowest BCUT2D eigenvalue weighted by Crippen LogP contribution is -2.11. The standard InChI is InChI=1S/C7H11BrN2S/c1-3-9-4-6-5(2)10-7(8)11-6/h9H,3-4H2,1-2H3. The monoisotopic (exact) mass is 234 g/mol. The summed E-state index contributed by atoms with van der Waals surface area (Å²) >= 11 is 5.05. The van der Waals surface area contributed by atoms with E-state index in [9.17, 15) is 0 Å². The normalized spacial score (nSPS) is 10.5. The number of rotatable bonds is 3. The van der Waals surface area contributed by atoms with Crippen molar-refractivity contribution in [3.63, 3.8) is 0 Å². The molecule has 0 aliphatic rings. The summed E-state index contributed by atoms with van der Waals surface area (Å²) in [5.41, 5.74) is 1.13. The minimum atomic E-state index is 0.936. The molecule has 11 heavy (non-hydrogen) atoms. The molecule has 0 amide bonds. The van der Waals surface area contributed by atoms with Gasteiger partial charge in [-0.25, -0.2) is 4.98 Å². The first-order chi connectivity index (χ1) is 5.24. The smallest absolute Gasteiger partial charge is 0.159 e. The molecular formula is C7H11BrN2S. The summed E-state index contributed by atoms with van der Waals surface area (Å²) in [6.07, 6.45) is 0. The number of thiazole rings is 1. The van der Waals surface area contributed by atoms with Gasteiger partial charge in [0.1, 0.15) is 0 Å². The third-order valence-electron chi connectivity index (χ3n) is 1.40. The molecular weight excluding hydrogens is 224 g/mol. The maximum Gasteiger partial charge on any atom is 0.159 e. The van der Waals surface area contributed by atoms with Gasteiger partial charge in [-0.2, -0.15) is 0 Å². The lowest BCUT2D eigenvalue weighted by atomic mass is 10.4. The maximum absolute atomic E-state index is 4.26. The van der Waals surface area contributed by atoms with E-state index in [0.29, 0.717) is 0 Å². The van der Waals surface area contributed by atoms with Gasteiger partial charge >= 0.3 is 0 Å². The third-order valence-corrected chi connectivity index (χ3v) is 3.01. The maximum atomic E-state index is 4.26. The molecule has 1 heterocycles. The van der Waals surface area contributed by atoms with Crippen molar-refractivity contribution in [1.29, 1.82) is 0 Å². The van der Waals surface area contributed by atoms with Crippen molar-refractivity contribution >= 4 is 27.3 Å². The fourth-order valence-corrected chi connectivity index (χ4v) is 2.40. The van der Waals surface area contributed by atoms with Crippen LogP contribution < -0.4 is 5.32 Å². The lowest BCUT2D eigenvalue weighted by molar-refractivity contribution is 0.731. The Kier molecular flexibility index (Phi) is 3.48. The van der Waals surface area contributed by atoms with Crippen molar-refractivity contribution in [1.82, 2.24) is 10.3 Å². The molecule has 1 aromatic rings. The van der Waals surface area contributed by atoms with E-state index in [1.165, 1.54) is 4.88 Å². The van der Waals surface area contributed by atoms with E-state index in [-0.39, 0.29) is 0 Å². The van der Waals surface area contributed by atoms with Crippen LogP contribution in [0.2, 0.25) is 0 Å². The zero-order valence-electron chi connectivity index (χ0n) is 6.65. The summed E-state index contributed by atoms with van der Waals surface area (Å²) in [5, 5.41) is 3.27. The lowest BCUT2D eigenvalue weighted by Gasteiger charge is -1.97. The second kappa shape index (κ2) is 4.18. The topological polar surface area (TPSA) is 24.9 Å². The summed E-state index contributed by atoms with van der Waals surface area (Å²) in [7, 11) is 0. The second-order valence-electron chi connectivity index (χ2n) is 2.26. The minimum absolute atomic E-state index is 0.936. The predicted molar refractivity (Wildman–Crippen MR) is 51.9 cm³/mol. The third kappa shape index (κ3) is 2.54. The van der Waals surface area contributed by atoms with Crippen LogP contribution in [0.15, 0.2) is 3.92 Å².